The van der Waals surface area contributed by atoms with E-state index >= 15 is 0 Å². The first-order chi connectivity index (χ1) is 9.37. The Morgan fingerprint density at radius 2 is 2.25 bits per heavy atom. The number of isocyanates is 1. The monoisotopic (exact) mass is 378 g/mol. The van der Waals surface area contributed by atoms with Gasteiger partial charge in [-0.05, 0) is 53.2 Å². The van der Waals surface area contributed by atoms with Crippen molar-refractivity contribution in [1.82, 2.24) is 4.31 Å². The van der Waals surface area contributed by atoms with E-state index in [2.05, 4.69) is 20.9 Å². The van der Waals surface area contributed by atoms with Gasteiger partial charge in [-0.1, -0.05) is 6.92 Å². The van der Waals surface area contributed by atoms with Crippen molar-refractivity contribution in [2.75, 3.05) is 6.54 Å². The first-order valence-electron chi connectivity index (χ1n) is 6.22. The molecule has 20 heavy (non-hydrogen) atoms. The number of halogens is 1. The number of aliphatic imine (C=N–C) groups is 1. The summed E-state index contributed by atoms with van der Waals surface area (Å²) in [7, 11) is -3.62. The minimum absolute atomic E-state index is 0.0180. The van der Waals surface area contributed by atoms with Crippen molar-refractivity contribution < 1.29 is 13.2 Å². The van der Waals surface area contributed by atoms with Crippen molar-refractivity contribution in [3.63, 3.8) is 0 Å². The molecule has 0 amide bonds. The van der Waals surface area contributed by atoms with E-state index in [1.807, 2.05) is 13.8 Å². The second-order valence-corrected chi connectivity index (χ2v) is 9.38. The van der Waals surface area contributed by atoms with Gasteiger partial charge in [-0.15, -0.1) is 11.3 Å². The lowest BCUT2D eigenvalue weighted by Crippen LogP contribution is -2.46. The lowest BCUT2D eigenvalue weighted by Gasteiger charge is -2.35. The molecule has 0 radical (unpaired) electrons. The molecule has 0 aromatic carbocycles. The number of piperidine rings is 1. The fourth-order valence-corrected chi connectivity index (χ4v) is 6.33. The molecule has 2 unspecified atom stereocenters. The molecule has 1 aromatic heterocycles. The number of sulfonamides is 1. The second-order valence-electron chi connectivity index (χ2n) is 4.89. The van der Waals surface area contributed by atoms with E-state index in [-0.39, 0.29) is 10.1 Å². The summed E-state index contributed by atoms with van der Waals surface area (Å²) in [6.45, 7) is 4.14. The van der Waals surface area contributed by atoms with Crippen molar-refractivity contribution in [1.29, 1.82) is 0 Å². The first kappa shape index (κ1) is 15.9. The molecule has 2 atom stereocenters. The minimum Gasteiger partial charge on any atom is -0.211 e. The van der Waals surface area contributed by atoms with Gasteiger partial charge in [0, 0.05) is 6.54 Å². The third-order valence-corrected chi connectivity index (χ3v) is 7.88. The van der Waals surface area contributed by atoms with E-state index in [4.69, 9.17) is 0 Å². The average Bonchev–Trinajstić information content (AvgIpc) is 2.73. The summed E-state index contributed by atoms with van der Waals surface area (Å²) in [5.41, 5.74) is 0.883. The highest BCUT2D eigenvalue weighted by atomic mass is 79.9. The number of nitrogens with zero attached hydrogens (tertiary/aromatic N) is 2. The lowest BCUT2D eigenvalue weighted by atomic mass is 9.98. The van der Waals surface area contributed by atoms with E-state index in [0.717, 1.165) is 22.2 Å². The summed E-state index contributed by atoms with van der Waals surface area (Å²) in [5, 5.41) is 0. The fourth-order valence-electron chi connectivity index (χ4n) is 2.32. The molecule has 2 rings (SSSR count). The zero-order valence-corrected chi connectivity index (χ0v) is 14.4. The molecule has 0 saturated carbocycles. The van der Waals surface area contributed by atoms with Crippen molar-refractivity contribution in [2.45, 2.75) is 37.1 Å². The van der Waals surface area contributed by atoms with Crippen LogP contribution in [0.25, 0.3) is 0 Å². The largest absolute Gasteiger partial charge is 0.254 e. The molecule has 8 heteroatoms. The number of aryl methyl sites for hydroxylation is 1. The predicted octanol–water partition coefficient (Wildman–Crippen LogP) is 2.90. The summed E-state index contributed by atoms with van der Waals surface area (Å²) in [4.78, 5) is 14.3. The molecule has 1 aromatic rings. The maximum absolute atomic E-state index is 12.7. The summed E-state index contributed by atoms with van der Waals surface area (Å²) < 4.78 is 27.8. The van der Waals surface area contributed by atoms with E-state index in [9.17, 15) is 13.2 Å². The van der Waals surface area contributed by atoms with Crippen LogP contribution < -0.4 is 0 Å². The molecule has 1 saturated heterocycles. The van der Waals surface area contributed by atoms with Crippen LogP contribution in [0, 0.1) is 12.8 Å². The third-order valence-electron chi connectivity index (χ3n) is 3.42. The Labute approximate surface area is 130 Å². The van der Waals surface area contributed by atoms with Crippen LogP contribution in [0.2, 0.25) is 0 Å². The second kappa shape index (κ2) is 6.07. The number of hydrogen-bond donors (Lipinski definition) is 0. The van der Waals surface area contributed by atoms with Gasteiger partial charge in [0.15, 0.2) is 0 Å². The molecule has 0 bridgehead atoms. The van der Waals surface area contributed by atoms with Gasteiger partial charge in [0.25, 0.3) is 10.0 Å². The quantitative estimate of drug-likeness (QED) is 0.599. The van der Waals surface area contributed by atoms with Gasteiger partial charge in [0.1, 0.15) is 10.4 Å². The van der Waals surface area contributed by atoms with Crippen LogP contribution in [0.5, 0.6) is 0 Å². The van der Waals surface area contributed by atoms with Gasteiger partial charge >= 0.3 is 0 Å². The SMILES string of the molecule is Cc1cc(S(=O)(=O)N2CCCC(C)C2N=C=O)sc1Br. The van der Waals surface area contributed by atoms with Gasteiger partial charge in [-0.2, -0.15) is 9.30 Å². The summed E-state index contributed by atoms with van der Waals surface area (Å²) in [6, 6.07) is 1.64. The summed E-state index contributed by atoms with van der Waals surface area (Å²) in [5.74, 6) is 0.0180. The van der Waals surface area contributed by atoms with Crippen molar-refractivity contribution in [2.24, 2.45) is 10.9 Å². The van der Waals surface area contributed by atoms with Gasteiger partial charge < -0.3 is 0 Å². The Kier molecular flexibility index (Phi) is 4.81. The molecule has 1 aliphatic rings. The van der Waals surface area contributed by atoms with Crippen LogP contribution in [-0.4, -0.2) is 31.5 Å². The van der Waals surface area contributed by atoms with E-state index in [1.165, 1.54) is 21.7 Å². The standard InChI is InChI=1S/C12H15BrN2O3S2/c1-8-4-3-5-15(12(8)14-7-16)20(17,18)10-6-9(2)11(13)19-10/h6,8,12H,3-5H2,1-2H3. The van der Waals surface area contributed by atoms with Crippen LogP contribution >= 0.6 is 27.3 Å². The number of thiophene rings is 1. The van der Waals surface area contributed by atoms with Crippen molar-refractivity contribution >= 4 is 43.4 Å². The molecule has 1 aliphatic heterocycles. The van der Waals surface area contributed by atoms with Gasteiger partial charge in [-0.3, -0.25) is 0 Å². The van der Waals surface area contributed by atoms with Crippen LogP contribution in [0.4, 0.5) is 0 Å². The highest BCUT2D eigenvalue weighted by molar-refractivity contribution is 9.11. The topological polar surface area (TPSA) is 66.8 Å². The summed E-state index contributed by atoms with van der Waals surface area (Å²) >= 11 is 4.52. The van der Waals surface area contributed by atoms with E-state index in [1.54, 1.807) is 6.07 Å². The highest BCUT2D eigenvalue weighted by Crippen LogP contribution is 2.35. The average molecular weight is 379 g/mol. The molecule has 1 fully saturated rings. The molecule has 2 heterocycles. The Morgan fingerprint density at radius 1 is 1.55 bits per heavy atom. The fraction of sp³-hybridized carbons (Fsp3) is 0.583. The van der Waals surface area contributed by atoms with Crippen LogP contribution in [0.3, 0.4) is 0 Å². The Bertz CT molecular complexity index is 630. The van der Waals surface area contributed by atoms with Crippen LogP contribution in [0.15, 0.2) is 19.1 Å². The smallest absolute Gasteiger partial charge is 0.211 e. The number of hydrogen-bond acceptors (Lipinski definition) is 5. The Morgan fingerprint density at radius 3 is 2.80 bits per heavy atom. The molecular formula is C12H15BrN2O3S2. The Balaban J connectivity index is 2.43. The number of carbonyl (C=O) groups excluding carboxylic acids is 1. The van der Waals surface area contributed by atoms with Gasteiger partial charge in [0.2, 0.25) is 6.08 Å². The maximum Gasteiger partial charge on any atom is 0.254 e. The first-order valence-corrected chi connectivity index (χ1v) is 9.27. The minimum atomic E-state index is -3.62. The summed E-state index contributed by atoms with van der Waals surface area (Å²) in [6.07, 6.45) is 2.49. The van der Waals surface area contributed by atoms with Crippen molar-refractivity contribution in [3.05, 3.63) is 15.4 Å². The molecule has 5 nitrogen and oxygen atoms in total. The molecular weight excluding hydrogens is 364 g/mol. The van der Waals surface area contributed by atoms with E-state index in [0.29, 0.717) is 6.54 Å². The zero-order valence-electron chi connectivity index (χ0n) is 11.2. The lowest BCUT2D eigenvalue weighted by molar-refractivity contribution is 0.194. The molecule has 0 aliphatic carbocycles. The van der Waals surface area contributed by atoms with Gasteiger partial charge in [-0.25, -0.2) is 13.2 Å². The van der Waals surface area contributed by atoms with E-state index < -0.39 is 16.2 Å². The Hall–Kier alpha value is -0.530. The highest BCUT2D eigenvalue weighted by Gasteiger charge is 2.38. The van der Waals surface area contributed by atoms with Crippen LogP contribution in [0.1, 0.15) is 25.3 Å². The molecule has 110 valence electrons. The molecule has 0 spiro atoms. The molecule has 0 N–H and O–H groups in total. The predicted molar refractivity (Wildman–Crippen MR) is 81.0 cm³/mol. The van der Waals surface area contributed by atoms with Gasteiger partial charge in [0.05, 0.1) is 3.79 Å². The van der Waals surface area contributed by atoms with Crippen LogP contribution in [-0.2, 0) is 14.8 Å². The number of rotatable bonds is 3. The maximum atomic E-state index is 12.7. The normalized spacial score (nSPS) is 24.4. The zero-order chi connectivity index (χ0) is 14.9. The van der Waals surface area contributed by atoms with Crippen molar-refractivity contribution in [3.8, 4) is 0 Å². The third kappa shape index (κ3) is 2.89.